The molecule has 0 bridgehead atoms. The van der Waals surface area contributed by atoms with Crippen LogP contribution in [-0.2, 0) is 11.2 Å². The lowest BCUT2D eigenvalue weighted by Gasteiger charge is -2.25. The maximum Gasteiger partial charge on any atom is 0.323 e. The molecule has 2 rings (SSSR count). The summed E-state index contributed by atoms with van der Waals surface area (Å²) in [5.74, 6) is -0.892. The number of carbonyl (C=O) groups is 1. The van der Waals surface area contributed by atoms with Crippen molar-refractivity contribution < 1.29 is 9.90 Å². The Bertz CT molecular complexity index is 461. The lowest BCUT2D eigenvalue weighted by molar-refractivity contribution is -0.143. The Morgan fingerprint density at radius 1 is 1.47 bits per heavy atom. The smallest absolute Gasteiger partial charge is 0.323 e. The average Bonchev–Trinajstić information content (AvgIpc) is 2.82. The first kappa shape index (κ1) is 13.9. The van der Waals surface area contributed by atoms with E-state index < -0.39 is 11.5 Å². The van der Waals surface area contributed by atoms with Crippen LogP contribution < -0.4 is 10.6 Å². The number of carboxylic acid groups (broad SMARTS) is 1. The molecule has 1 unspecified atom stereocenters. The number of aliphatic carboxylic acids is 1. The predicted octanol–water partition coefficient (Wildman–Crippen LogP) is 2.02. The van der Waals surface area contributed by atoms with Crippen molar-refractivity contribution >= 4 is 11.7 Å². The highest BCUT2D eigenvalue weighted by Crippen LogP contribution is 2.28. The van der Waals surface area contributed by atoms with E-state index in [4.69, 9.17) is 10.8 Å². The molecule has 1 aliphatic heterocycles. The summed E-state index contributed by atoms with van der Waals surface area (Å²) >= 11 is 0. The van der Waals surface area contributed by atoms with E-state index in [1.807, 2.05) is 13.0 Å². The number of para-hydroxylation sites is 1. The second-order valence-corrected chi connectivity index (χ2v) is 5.28. The van der Waals surface area contributed by atoms with Gasteiger partial charge in [0.2, 0.25) is 0 Å². The lowest BCUT2D eigenvalue weighted by Crippen LogP contribution is -2.47. The maximum absolute atomic E-state index is 11.1. The van der Waals surface area contributed by atoms with Crippen LogP contribution in [0.3, 0.4) is 0 Å². The van der Waals surface area contributed by atoms with Gasteiger partial charge in [-0.25, -0.2) is 0 Å². The van der Waals surface area contributed by atoms with E-state index in [0.29, 0.717) is 12.8 Å². The summed E-state index contributed by atoms with van der Waals surface area (Å²) in [6.07, 6.45) is 2.89. The highest BCUT2D eigenvalue weighted by molar-refractivity contribution is 5.78. The van der Waals surface area contributed by atoms with Crippen molar-refractivity contribution in [3.05, 3.63) is 29.8 Å². The summed E-state index contributed by atoms with van der Waals surface area (Å²) in [4.78, 5) is 13.5. The average molecular weight is 262 g/mol. The van der Waals surface area contributed by atoms with E-state index in [1.165, 1.54) is 11.3 Å². The molecular formula is C15H22N2O2. The topological polar surface area (TPSA) is 66.6 Å². The Morgan fingerprint density at radius 3 is 2.89 bits per heavy atom. The van der Waals surface area contributed by atoms with Gasteiger partial charge >= 0.3 is 5.97 Å². The van der Waals surface area contributed by atoms with Crippen LogP contribution in [0.5, 0.6) is 0 Å². The van der Waals surface area contributed by atoms with E-state index in [0.717, 1.165) is 25.9 Å². The number of nitrogens with zero attached hydrogens (tertiary/aromatic N) is 1. The van der Waals surface area contributed by atoms with Crippen molar-refractivity contribution in [2.75, 3.05) is 18.0 Å². The number of benzene rings is 1. The molecule has 1 aromatic carbocycles. The van der Waals surface area contributed by atoms with Gasteiger partial charge in [0.15, 0.2) is 0 Å². The van der Waals surface area contributed by atoms with Crippen LogP contribution in [0.25, 0.3) is 0 Å². The van der Waals surface area contributed by atoms with Gasteiger partial charge in [0.05, 0.1) is 0 Å². The van der Waals surface area contributed by atoms with E-state index in [9.17, 15) is 4.79 Å². The van der Waals surface area contributed by atoms with Gasteiger partial charge in [-0.05, 0) is 37.3 Å². The summed E-state index contributed by atoms with van der Waals surface area (Å²) in [7, 11) is 0. The summed E-state index contributed by atoms with van der Waals surface area (Å²) in [6.45, 7) is 3.73. The molecule has 0 aromatic heterocycles. The molecule has 4 nitrogen and oxygen atoms in total. The van der Waals surface area contributed by atoms with E-state index >= 15 is 0 Å². The van der Waals surface area contributed by atoms with Crippen LogP contribution >= 0.6 is 0 Å². The van der Waals surface area contributed by atoms with Crippen molar-refractivity contribution in [2.24, 2.45) is 5.73 Å². The standard InChI is InChI=1S/C15H22N2O2/c1-2-15(16,14(18)19)9-5-10-17-11-8-12-6-3-4-7-13(12)17/h3-4,6-7H,2,5,8-11,16H2,1H3,(H,18,19). The monoisotopic (exact) mass is 262 g/mol. The van der Waals surface area contributed by atoms with Gasteiger partial charge in [-0.2, -0.15) is 0 Å². The first-order valence-corrected chi connectivity index (χ1v) is 6.92. The molecule has 4 heteroatoms. The molecule has 0 spiro atoms. The Hall–Kier alpha value is -1.55. The van der Waals surface area contributed by atoms with Gasteiger partial charge in [-0.3, -0.25) is 4.79 Å². The molecule has 1 heterocycles. The van der Waals surface area contributed by atoms with Crippen LogP contribution in [0.2, 0.25) is 0 Å². The Morgan fingerprint density at radius 2 is 2.21 bits per heavy atom. The zero-order chi connectivity index (χ0) is 13.9. The Labute approximate surface area is 114 Å². The Balaban J connectivity index is 1.89. The fourth-order valence-corrected chi connectivity index (χ4v) is 2.66. The second-order valence-electron chi connectivity index (χ2n) is 5.28. The summed E-state index contributed by atoms with van der Waals surface area (Å²) in [5.41, 5.74) is 7.50. The van der Waals surface area contributed by atoms with Crippen LogP contribution in [0, 0.1) is 0 Å². The molecule has 0 saturated heterocycles. The van der Waals surface area contributed by atoms with Crippen LogP contribution in [0.4, 0.5) is 5.69 Å². The molecule has 1 aromatic rings. The largest absolute Gasteiger partial charge is 0.480 e. The van der Waals surface area contributed by atoms with Crippen molar-refractivity contribution in [3.8, 4) is 0 Å². The minimum absolute atomic E-state index is 0.471. The zero-order valence-corrected chi connectivity index (χ0v) is 11.4. The van der Waals surface area contributed by atoms with Gasteiger partial charge in [0.1, 0.15) is 5.54 Å². The molecular weight excluding hydrogens is 240 g/mol. The highest BCUT2D eigenvalue weighted by atomic mass is 16.4. The normalized spacial score (nSPS) is 17.1. The molecule has 104 valence electrons. The van der Waals surface area contributed by atoms with Gasteiger partial charge in [0, 0.05) is 18.8 Å². The first-order chi connectivity index (χ1) is 9.07. The molecule has 3 N–H and O–H groups in total. The number of rotatable bonds is 6. The third-order valence-corrected chi connectivity index (χ3v) is 4.09. The van der Waals surface area contributed by atoms with Gasteiger partial charge < -0.3 is 15.7 Å². The van der Waals surface area contributed by atoms with E-state index in [-0.39, 0.29) is 0 Å². The van der Waals surface area contributed by atoms with Crippen molar-refractivity contribution in [2.45, 2.75) is 38.1 Å². The molecule has 1 aliphatic rings. The molecule has 0 radical (unpaired) electrons. The third kappa shape index (κ3) is 2.89. The van der Waals surface area contributed by atoms with Gasteiger partial charge in [-0.15, -0.1) is 0 Å². The molecule has 0 aliphatic carbocycles. The van der Waals surface area contributed by atoms with Crippen LogP contribution in [0.1, 0.15) is 31.7 Å². The molecule has 19 heavy (non-hydrogen) atoms. The van der Waals surface area contributed by atoms with E-state index in [2.05, 4.69) is 23.1 Å². The van der Waals surface area contributed by atoms with Crippen LogP contribution in [0.15, 0.2) is 24.3 Å². The fourth-order valence-electron chi connectivity index (χ4n) is 2.66. The molecule has 0 amide bonds. The highest BCUT2D eigenvalue weighted by Gasteiger charge is 2.31. The fraction of sp³-hybridized carbons (Fsp3) is 0.533. The number of hydrogen-bond donors (Lipinski definition) is 2. The minimum Gasteiger partial charge on any atom is -0.480 e. The predicted molar refractivity (Wildman–Crippen MR) is 76.4 cm³/mol. The summed E-state index contributed by atoms with van der Waals surface area (Å²) in [6, 6.07) is 8.41. The SMILES string of the molecule is CCC(N)(CCCN1CCc2ccccc21)C(=O)O. The second kappa shape index (κ2) is 5.61. The third-order valence-electron chi connectivity index (χ3n) is 4.09. The molecule has 0 fully saturated rings. The zero-order valence-electron chi connectivity index (χ0n) is 11.4. The minimum atomic E-state index is -1.07. The number of hydrogen-bond acceptors (Lipinski definition) is 3. The van der Waals surface area contributed by atoms with Crippen molar-refractivity contribution in [1.29, 1.82) is 0 Å². The number of nitrogens with two attached hydrogens (primary N) is 1. The molecule has 0 saturated carbocycles. The number of fused-ring (bicyclic) bond motifs is 1. The van der Waals surface area contributed by atoms with E-state index in [1.54, 1.807) is 0 Å². The van der Waals surface area contributed by atoms with Gasteiger partial charge in [0.25, 0.3) is 0 Å². The number of carboxylic acids is 1. The Kier molecular flexibility index (Phi) is 4.10. The van der Waals surface area contributed by atoms with Gasteiger partial charge in [-0.1, -0.05) is 25.1 Å². The summed E-state index contributed by atoms with van der Waals surface area (Å²) < 4.78 is 0. The first-order valence-electron chi connectivity index (χ1n) is 6.92. The quantitative estimate of drug-likeness (QED) is 0.823. The van der Waals surface area contributed by atoms with Crippen LogP contribution in [-0.4, -0.2) is 29.7 Å². The van der Waals surface area contributed by atoms with Crippen molar-refractivity contribution in [3.63, 3.8) is 0 Å². The molecule has 1 atom stereocenters. The summed E-state index contributed by atoms with van der Waals surface area (Å²) in [5, 5.41) is 9.14. The van der Waals surface area contributed by atoms with Crippen molar-refractivity contribution in [1.82, 2.24) is 0 Å². The number of anilines is 1. The maximum atomic E-state index is 11.1. The lowest BCUT2D eigenvalue weighted by atomic mass is 9.92.